The first-order chi connectivity index (χ1) is 9.81. The lowest BCUT2D eigenvalue weighted by Gasteiger charge is -2.02. The summed E-state index contributed by atoms with van der Waals surface area (Å²) in [6, 6.07) is 9.99. The van der Waals surface area contributed by atoms with Crippen LogP contribution in [0.1, 0.15) is 35.5 Å². The van der Waals surface area contributed by atoms with Crippen LogP contribution in [0.15, 0.2) is 42.7 Å². The highest BCUT2D eigenvalue weighted by Gasteiger charge is 2.42. The van der Waals surface area contributed by atoms with E-state index >= 15 is 0 Å². The minimum Gasteiger partial charge on any atom is -0.255 e. The summed E-state index contributed by atoms with van der Waals surface area (Å²) in [6.07, 6.45) is 4.72. The van der Waals surface area contributed by atoms with Crippen LogP contribution in [0.3, 0.4) is 0 Å². The van der Waals surface area contributed by atoms with Gasteiger partial charge in [0, 0.05) is 35.6 Å². The SMILES string of the molecule is Cc1ccnc([C@H]2C[C@@H]2c2ccc3ncccc3n2)n1. The van der Waals surface area contributed by atoms with Gasteiger partial charge in [0.05, 0.1) is 11.0 Å². The first-order valence-electron chi connectivity index (χ1n) is 6.82. The van der Waals surface area contributed by atoms with Gasteiger partial charge in [0.1, 0.15) is 5.82 Å². The van der Waals surface area contributed by atoms with Crippen LogP contribution in [0.4, 0.5) is 0 Å². The monoisotopic (exact) mass is 262 g/mol. The first-order valence-corrected chi connectivity index (χ1v) is 6.82. The summed E-state index contributed by atoms with van der Waals surface area (Å²) in [5.74, 6) is 1.81. The molecule has 2 atom stereocenters. The van der Waals surface area contributed by atoms with E-state index in [0.29, 0.717) is 11.8 Å². The van der Waals surface area contributed by atoms with E-state index in [1.54, 1.807) is 6.20 Å². The van der Waals surface area contributed by atoms with E-state index in [-0.39, 0.29) is 0 Å². The van der Waals surface area contributed by atoms with Crippen LogP contribution in [0.25, 0.3) is 11.0 Å². The summed E-state index contributed by atoms with van der Waals surface area (Å²) >= 11 is 0. The number of pyridine rings is 2. The van der Waals surface area contributed by atoms with Crippen LogP contribution in [-0.2, 0) is 0 Å². The van der Waals surface area contributed by atoms with E-state index in [1.807, 2.05) is 37.4 Å². The Labute approximate surface area is 117 Å². The molecule has 0 aliphatic heterocycles. The minimum absolute atomic E-state index is 0.413. The zero-order chi connectivity index (χ0) is 13.5. The molecule has 0 aromatic carbocycles. The molecule has 0 amide bonds. The van der Waals surface area contributed by atoms with E-state index in [4.69, 9.17) is 4.98 Å². The quantitative estimate of drug-likeness (QED) is 0.712. The third kappa shape index (κ3) is 1.93. The fraction of sp³-hybridized carbons (Fsp3) is 0.250. The molecule has 3 aromatic heterocycles. The summed E-state index contributed by atoms with van der Waals surface area (Å²) in [6.45, 7) is 2.00. The molecule has 1 aliphatic rings. The molecule has 1 saturated carbocycles. The van der Waals surface area contributed by atoms with Crippen molar-refractivity contribution in [1.82, 2.24) is 19.9 Å². The Morgan fingerprint density at radius 1 is 0.900 bits per heavy atom. The lowest BCUT2D eigenvalue weighted by Crippen LogP contribution is -1.96. The summed E-state index contributed by atoms with van der Waals surface area (Å²) < 4.78 is 0. The second-order valence-electron chi connectivity index (χ2n) is 5.28. The van der Waals surface area contributed by atoms with Crippen LogP contribution < -0.4 is 0 Å². The first kappa shape index (κ1) is 11.5. The molecule has 3 heterocycles. The Morgan fingerprint density at radius 2 is 1.85 bits per heavy atom. The van der Waals surface area contributed by atoms with Crippen LogP contribution in [0.5, 0.6) is 0 Å². The number of nitrogens with zero attached hydrogens (tertiary/aromatic N) is 4. The second kappa shape index (κ2) is 4.34. The fourth-order valence-corrected chi connectivity index (χ4v) is 2.63. The van der Waals surface area contributed by atoms with Crippen LogP contribution in [-0.4, -0.2) is 19.9 Å². The molecule has 4 heteroatoms. The van der Waals surface area contributed by atoms with Gasteiger partial charge in [0.15, 0.2) is 0 Å². The Balaban J connectivity index is 1.65. The van der Waals surface area contributed by atoms with Crippen LogP contribution in [0.2, 0.25) is 0 Å². The average Bonchev–Trinajstić information content (AvgIpc) is 3.27. The number of hydrogen-bond acceptors (Lipinski definition) is 4. The number of fused-ring (bicyclic) bond motifs is 1. The summed E-state index contributed by atoms with van der Waals surface area (Å²) in [5.41, 5.74) is 4.05. The summed E-state index contributed by atoms with van der Waals surface area (Å²) in [5, 5.41) is 0. The molecule has 0 radical (unpaired) electrons. The zero-order valence-corrected chi connectivity index (χ0v) is 11.2. The number of hydrogen-bond donors (Lipinski definition) is 0. The van der Waals surface area contributed by atoms with Gasteiger partial charge in [-0.25, -0.2) is 9.97 Å². The molecular weight excluding hydrogens is 248 g/mol. The van der Waals surface area contributed by atoms with Crippen molar-refractivity contribution in [3.8, 4) is 0 Å². The van der Waals surface area contributed by atoms with Gasteiger partial charge in [-0.1, -0.05) is 0 Å². The lowest BCUT2D eigenvalue weighted by atomic mass is 10.2. The average molecular weight is 262 g/mol. The maximum absolute atomic E-state index is 4.72. The number of rotatable bonds is 2. The molecule has 0 bridgehead atoms. The van der Waals surface area contributed by atoms with Crippen molar-refractivity contribution in [3.63, 3.8) is 0 Å². The van der Waals surface area contributed by atoms with Crippen molar-refractivity contribution < 1.29 is 0 Å². The number of aromatic nitrogens is 4. The Hall–Kier alpha value is -2.36. The Kier molecular flexibility index (Phi) is 2.49. The fourth-order valence-electron chi connectivity index (χ4n) is 2.63. The van der Waals surface area contributed by atoms with Crippen LogP contribution >= 0.6 is 0 Å². The van der Waals surface area contributed by atoms with Crippen molar-refractivity contribution in [2.45, 2.75) is 25.2 Å². The highest BCUT2D eigenvalue weighted by atomic mass is 14.9. The molecule has 98 valence electrons. The van der Waals surface area contributed by atoms with E-state index in [1.165, 1.54) is 0 Å². The number of aryl methyl sites for hydroxylation is 1. The molecular formula is C16H14N4. The maximum atomic E-state index is 4.72. The van der Waals surface area contributed by atoms with Gasteiger partial charge in [-0.2, -0.15) is 0 Å². The Bertz CT molecular complexity index is 784. The van der Waals surface area contributed by atoms with Gasteiger partial charge in [-0.05, 0) is 43.7 Å². The van der Waals surface area contributed by atoms with Crippen molar-refractivity contribution in [1.29, 1.82) is 0 Å². The predicted molar refractivity (Wildman–Crippen MR) is 76.4 cm³/mol. The largest absolute Gasteiger partial charge is 0.255 e. The smallest absolute Gasteiger partial charge is 0.132 e. The van der Waals surface area contributed by atoms with Gasteiger partial charge in [0.25, 0.3) is 0 Å². The summed E-state index contributed by atoms with van der Waals surface area (Å²) in [4.78, 5) is 17.9. The zero-order valence-electron chi connectivity index (χ0n) is 11.2. The van der Waals surface area contributed by atoms with Crippen molar-refractivity contribution >= 4 is 11.0 Å². The molecule has 4 nitrogen and oxygen atoms in total. The normalized spacial score (nSPS) is 21.1. The van der Waals surface area contributed by atoms with Gasteiger partial charge < -0.3 is 0 Å². The molecule has 0 N–H and O–H groups in total. The maximum Gasteiger partial charge on any atom is 0.132 e. The second-order valence-corrected chi connectivity index (χ2v) is 5.28. The van der Waals surface area contributed by atoms with E-state index in [0.717, 1.165) is 34.7 Å². The highest BCUT2D eigenvalue weighted by Crippen LogP contribution is 2.52. The van der Waals surface area contributed by atoms with Gasteiger partial charge in [-0.3, -0.25) is 9.97 Å². The van der Waals surface area contributed by atoms with Crippen LogP contribution in [0, 0.1) is 6.92 Å². The molecule has 1 aliphatic carbocycles. The highest BCUT2D eigenvalue weighted by molar-refractivity contribution is 5.73. The standard InChI is InChI=1S/C16H14N4/c1-10-6-8-18-16(19-10)12-9-11(12)13-4-5-14-15(20-13)3-2-7-17-14/h2-8,11-12H,9H2,1H3/t11-,12-/m0/s1. The predicted octanol–water partition coefficient (Wildman–Crippen LogP) is 3.00. The van der Waals surface area contributed by atoms with E-state index in [2.05, 4.69) is 21.0 Å². The van der Waals surface area contributed by atoms with Gasteiger partial charge in [0.2, 0.25) is 0 Å². The van der Waals surface area contributed by atoms with E-state index < -0.39 is 0 Å². The van der Waals surface area contributed by atoms with Gasteiger partial charge >= 0.3 is 0 Å². The van der Waals surface area contributed by atoms with E-state index in [9.17, 15) is 0 Å². The third-order valence-corrected chi connectivity index (χ3v) is 3.79. The van der Waals surface area contributed by atoms with Crippen molar-refractivity contribution in [2.24, 2.45) is 0 Å². The summed E-state index contributed by atoms with van der Waals surface area (Å²) in [7, 11) is 0. The molecule has 4 rings (SSSR count). The molecule has 0 unspecified atom stereocenters. The topological polar surface area (TPSA) is 51.6 Å². The molecule has 20 heavy (non-hydrogen) atoms. The van der Waals surface area contributed by atoms with Crippen molar-refractivity contribution in [3.05, 3.63) is 59.9 Å². The van der Waals surface area contributed by atoms with Crippen molar-refractivity contribution in [2.75, 3.05) is 0 Å². The lowest BCUT2D eigenvalue weighted by molar-refractivity contribution is 0.867. The Morgan fingerprint density at radius 3 is 2.75 bits per heavy atom. The molecule has 1 fully saturated rings. The molecule has 3 aromatic rings. The molecule has 0 spiro atoms. The van der Waals surface area contributed by atoms with Gasteiger partial charge in [-0.15, -0.1) is 0 Å². The minimum atomic E-state index is 0.413. The molecule has 0 saturated heterocycles. The third-order valence-electron chi connectivity index (χ3n) is 3.79.